The minimum Gasteiger partial charge on any atom is -0.481 e. The van der Waals surface area contributed by atoms with E-state index < -0.39 is 5.97 Å². The third-order valence-corrected chi connectivity index (χ3v) is 4.46. The van der Waals surface area contributed by atoms with Crippen molar-refractivity contribution in [2.45, 2.75) is 58.9 Å². The fraction of sp³-hybridized carbons (Fsp3) is 0.929. The van der Waals surface area contributed by atoms with Crippen molar-refractivity contribution in [2.75, 3.05) is 13.1 Å². The number of carboxylic acid groups (broad SMARTS) is 1. The Balaban J connectivity index is 2.27. The van der Waals surface area contributed by atoms with E-state index in [0.29, 0.717) is 18.4 Å². The first-order valence-electron chi connectivity index (χ1n) is 7.00. The van der Waals surface area contributed by atoms with Crippen molar-refractivity contribution in [3.63, 3.8) is 0 Å². The molecule has 1 heterocycles. The average Bonchev–Trinajstić information content (AvgIpc) is 2.35. The number of aliphatic carboxylic acids is 1. The third-order valence-electron chi connectivity index (χ3n) is 4.46. The van der Waals surface area contributed by atoms with Gasteiger partial charge in [0.25, 0.3) is 0 Å². The third kappa shape index (κ3) is 4.66. The highest BCUT2D eigenvalue weighted by atomic mass is 16.4. The van der Waals surface area contributed by atoms with Crippen molar-refractivity contribution in [3.8, 4) is 0 Å². The van der Waals surface area contributed by atoms with Crippen LogP contribution in [0.4, 0.5) is 0 Å². The fourth-order valence-corrected chi connectivity index (χ4v) is 2.68. The van der Waals surface area contributed by atoms with Gasteiger partial charge >= 0.3 is 5.97 Å². The molecule has 1 saturated heterocycles. The number of hydrogen-bond donors (Lipinski definition) is 1. The van der Waals surface area contributed by atoms with Gasteiger partial charge in [0, 0.05) is 12.5 Å². The zero-order valence-electron chi connectivity index (χ0n) is 11.5. The molecule has 0 aromatic rings. The Kier molecular flexibility index (Phi) is 5.96. The molecule has 0 aromatic heterocycles. The lowest BCUT2D eigenvalue weighted by molar-refractivity contribution is -0.137. The number of piperidine rings is 1. The maximum atomic E-state index is 10.5. The first-order chi connectivity index (χ1) is 8.04. The quantitative estimate of drug-likeness (QED) is 0.777. The summed E-state index contributed by atoms with van der Waals surface area (Å²) in [7, 11) is 0. The lowest BCUT2D eigenvalue weighted by Crippen LogP contribution is -2.42. The van der Waals surface area contributed by atoms with Crippen LogP contribution in [0.15, 0.2) is 0 Å². The summed E-state index contributed by atoms with van der Waals surface area (Å²) >= 11 is 0. The van der Waals surface area contributed by atoms with Crippen LogP contribution in [0.3, 0.4) is 0 Å². The summed E-state index contributed by atoms with van der Waals surface area (Å²) in [6.45, 7) is 9.19. The van der Waals surface area contributed by atoms with Gasteiger partial charge in [0.15, 0.2) is 0 Å². The Hall–Kier alpha value is -0.570. The minimum absolute atomic E-state index is 0.339. The Bertz CT molecular complexity index is 234. The molecule has 2 atom stereocenters. The smallest absolute Gasteiger partial charge is 0.303 e. The van der Waals surface area contributed by atoms with Crippen LogP contribution in [0.1, 0.15) is 52.9 Å². The molecule has 1 rings (SSSR count). The molecule has 0 radical (unpaired) electrons. The average molecular weight is 241 g/mol. The van der Waals surface area contributed by atoms with E-state index in [1.165, 1.54) is 19.3 Å². The van der Waals surface area contributed by atoms with Crippen LogP contribution >= 0.6 is 0 Å². The number of likely N-dealkylation sites (tertiary alicyclic amines) is 1. The molecule has 3 nitrogen and oxygen atoms in total. The van der Waals surface area contributed by atoms with Gasteiger partial charge in [-0.1, -0.05) is 20.3 Å². The van der Waals surface area contributed by atoms with Crippen molar-refractivity contribution in [1.29, 1.82) is 0 Å². The number of carbonyl (C=O) groups is 1. The van der Waals surface area contributed by atoms with E-state index in [-0.39, 0.29) is 0 Å². The van der Waals surface area contributed by atoms with Crippen LogP contribution in [0.25, 0.3) is 0 Å². The predicted octanol–water partition coefficient (Wildman–Crippen LogP) is 3.00. The second-order valence-electron chi connectivity index (χ2n) is 5.54. The summed E-state index contributed by atoms with van der Waals surface area (Å²) in [6, 6.07) is 0.667. The molecule has 0 aromatic carbocycles. The van der Waals surface area contributed by atoms with Gasteiger partial charge < -0.3 is 10.0 Å². The molecule has 1 aliphatic rings. The highest BCUT2D eigenvalue weighted by molar-refractivity contribution is 5.66. The van der Waals surface area contributed by atoms with Crippen molar-refractivity contribution < 1.29 is 9.90 Å². The molecule has 0 amide bonds. The Labute approximate surface area is 105 Å². The van der Waals surface area contributed by atoms with Gasteiger partial charge in [-0.05, 0) is 51.1 Å². The molecule has 100 valence electrons. The Morgan fingerprint density at radius 1 is 1.35 bits per heavy atom. The van der Waals surface area contributed by atoms with E-state index in [2.05, 4.69) is 25.7 Å². The number of hydrogen-bond acceptors (Lipinski definition) is 2. The maximum Gasteiger partial charge on any atom is 0.303 e. The van der Waals surface area contributed by atoms with E-state index in [9.17, 15) is 4.79 Å². The summed E-state index contributed by atoms with van der Waals surface area (Å²) in [5.41, 5.74) is 0. The van der Waals surface area contributed by atoms with Gasteiger partial charge in [-0.2, -0.15) is 0 Å². The van der Waals surface area contributed by atoms with Gasteiger partial charge in [0.05, 0.1) is 0 Å². The topological polar surface area (TPSA) is 40.5 Å². The van der Waals surface area contributed by atoms with Gasteiger partial charge in [0.1, 0.15) is 0 Å². The summed E-state index contributed by atoms with van der Waals surface area (Å²) in [5.74, 6) is 0.734. The molecule has 2 unspecified atom stereocenters. The van der Waals surface area contributed by atoms with E-state index in [1.807, 2.05) is 0 Å². The lowest BCUT2D eigenvalue weighted by Gasteiger charge is -2.38. The van der Waals surface area contributed by atoms with Crippen molar-refractivity contribution in [1.82, 2.24) is 4.90 Å². The zero-order chi connectivity index (χ0) is 12.8. The summed E-state index contributed by atoms with van der Waals surface area (Å²) in [4.78, 5) is 13.1. The zero-order valence-corrected chi connectivity index (χ0v) is 11.5. The molecule has 0 aliphatic carbocycles. The van der Waals surface area contributed by atoms with Crippen LogP contribution < -0.4 is 0 Å². The van der Waals surface area contributed by atoms with Crippen molar-refractivity contribution in [3.05, 3.63) is 0 Å². The first kappa shape index (κ1) is 14.5. The molecule has 0 saturated carbocycles. The fourth-order valence-electron chi connectivity index (χ4n) is 2.68. The molecule has 0 bridgehead atoms. The normalized spacial score (nSPS) is 22.3. The van der Waals surface area contributed by atoms with E-state index >= 15 is 0 Å². The standard InChI is InChI=1S/C14H27NO2/c1-4-11(2)12(3)15-9-7-13(8-10-15)5-6-14(16)17/h11-13H,4-10H2,1-3H3,(H,16,17). The summed E-state index contributed by atoms with van der Waals surface area (Å²) in [5, 5.41) is 8.68. The van der Waals surface area contributed by atoms with Crippen LogP contribution in [-0.4, -0.2) is 35.1 Å². The molecule has 1 fully saturated rings. The van der Waals surface area contributed by atoms with Crippen molar-refractivity contribution in [2.24, 2.45) is 11.8 Å². The van der Waals surface area contributed by atoms with E-state index in [4.69, 9.17) is 5.11 Å². The highest BCUT2D eigenvalue weighted by Gasteiger charge is 2.25. The SMILES string of the molecule is CCC(C)C(C)N1CCC(CCC(=O)O)CC1. The van der Waals surface area contributed by atoms with Crippen LogP contribution in [0.5, 0.6) is 0 Å². The molecular weight excluding hydrogens is 214 g/mol. The van der Waals surface area contributed by atoms with Gasteiger partial charge in [-0.15, -0.1) is 0 Å². The molecule has 0 spiro atoms. The second-order valence-corrected chi connectivity index (χ2v) is 5.54. The summed E-state index contributed by atoms with van der Waals surface area (Å²) in [6.07, 6.45) is 4.79. The number of carboxylic acids is 1. The molecular formula is C14H27NO2. The summed E-state index contributed by atoms with van der Waals surface area (Å²) < 4.78 is 0. The first-order valence-corrected chi connectivity index (χ1v) is 7.00. The largest absolute Gasteiger partial charge is 0.481 e. The van der Waals surface area contributed by atoms with Crippen LogP contribution in [0, 0.1) is 11.8 Å². The van der Waals surface area contributed by atoms with Crippen LogP contribution in [-0.2, 0) is 4.79 Å². The van der Waals surface area contributed by atoms with E-state index in [0.717, 1.165) is 25.4 Å². The molecule has 1 N–H and O–H groups in total. The van der Waals surface area contributed by atoms with Crippen molar-refractivity contribution >= 4 is 5.97 Å². The minimum atomic E-state index is -0.652. The lowest BCUT2D eigenvalue weighted by atomic mass is 9.89. The predicted molar refractivity (Wildman–Crippen MR) is 70.1 cm³/mol. The number of nitrogens with zero attached hydrogens (tertiary/aromatic N) is 1. The van der Waals surface area contributed by atoms with Gasteiger partial charge in [0.2, 0.25) is 0 Å². The Morgan fingerprint density at radius 3 is 2.41 bits per heavy atom. The molecule has 17 heavy (non-hydrogen) atoms. The number of rotatable bonds is 6. The molecule has 1 aliphatic heterocycles. The molecule has 3 heteroatoms. The van der Waals surface area contributed by atoms with Gasteiger partial charge in [-0.3, -0.25) is 4.79 Å². The second kappa shape index (κ2) is 7.00. The van der Waals surface area contributed by atoms with Gasteiger partial charge in [-0.25, -0.2) is 0 Å². The maximum absolute atomic E-state index is 10.5. The van der Waals surface area contributed by atoms with Crippen LogP contribution in [0.2, 0.25) is 0 Å². The van der Waals surface area contributed by atoms with E-state index in [1.54, 1.807) is 0 Å². The highest BCUT2D eigenvalue weighted by Crippen LogP contribution is 2.25. The monoisotopic (exact) mass is 241 g/mol. The Morgan fingerprint density at radius 2 is 1.94 bits per heavy atom.